The third-order valence-electron chi connectivity index (χ3n) is 8.37. The van der Waals surface area contributed by atoms with E-state index in [1.807, 2.05) is 68.4 Å². The number of fused-ring (bicyclic) bond motifs is 3. The molecular weight excluding hydrogens is 558 g/mol. The Balaban J connectivity index is 1.42. The molecule has 10 nitrogen and oxygen atoms in total. The van der Waals surface area contributed by atoms with E-state index in [1.165, 1.54) is 6.07 Å². The molecule has 0 spiro atoms. The van der Waals surface area contributed by atoms with Gasteiger partial charge < -0.3 is 31.4 Å². The van der Waals surface area contributed by atoms with E-state index in [1.54, 1.807) is 18.2 Å². The summed E-state index contributed by atoms with van der Waals surface area (Å²) in [5.74, 6) is -1.79. The second kappa shape index (κ2) is 13.0. The summed E-state index contributed by atoms with van der Waals surface area (Å²) in [7, 11) is 0. The SMILES string of the molecule is CC[C@H](C)[C@H](NC(=O)OCc1ccccc1)C(=O)N[C@]1(C(=O)Nc2cccc(C(N)=O)c2)CCc2[nH]c3ccccc3c2C1. The van der Waals surface area contributed by atoms with E-state index in [0.717, 1.165) is 27.7 Å². The molecule has 0 aliphatic heterocycles. The summed E-state index contributed by atoms with van der Waals surface area (Å²) in [6.45, 7) is 3.85. The highest BCUT2D eigenvalue weighted by molar-refractivity contribution is 6.03. The number of rotatable bonds is 10. The van der Waals surface area contributed by atoms with Crippen LogP contribution in [0.25, 0.3) is 10.9 Å². The first-order valence-electron chi connectivity index (χ1n) is 14.8. The van der Waals surface area contributed by atoms with E-state index in [0.29, 0.717) is 24.9 Å². The number of primary amides is 1. The maximum atomic E-state index is 14.2. The highest BCUT2D eigenvalue weighted by Gasteiger charge is 2.45. The van der Waals surface area contributed by atoms with Gasteiger partial charge in [0.1, 0.15) is 18.2 Å². The molecule has 10 heteroatoms. The molecule has 1 aromatic heterocycles. The van der Waals surface area contributed by atoms with Crippen molar-refractivity contribution < 1.29 is 23.9 Å². The van der Waals surface area contributed by atoms with Gasteiger partial charge in [-0.25, -0.2) is 4.79 Å². The van der Waals surface area contributed by atoms with Crippen molar-refractivity contribution in [3.05, 3.63) is 101 Å². The largest absolute Gasteiger partial charge is 0.445 e. The first kappa shape index (κ1) is 30.3. The maximum absolute atomic E-state index is 14.2. The summed E-state index contributed by atoms with van der Waals surface area (Å²) in [4.78, 5) is 56.2. The average molecular weight is 596 g/mol. The summed E-state index contributed by atoms with van der Waals surface area (Å²) >= 11 is 0. The molecule has 0 fully saturated rings. The van der Waals surface area contributed by atoms with Crippen LogP contribution in [0.3, 0.4) is 0 Å². The molecule has 4 amide bonds. The molecule has 44 heavy (non-hydrogen) atoms. The average Bonchev–Trinajstić information content (AvgIpc) is 3.40. The molecule has 228 valence electrons. The van der Waals surface area contributed by atoms with Crippen LogP contribution in [0.15, 0.2) is 78.9 Å². The zero-order valence-electron chi connectivity index (χ0n) is 24.8. The number of aromatic amines is 1. The fourth-order valence-corrected chi connectivity index (χ4v) is 5.67. The van der Waals surface area contributed by atoms with Crippen molar-refractivity contribution in [2.45, 2.75) is 57.7 Å². The van der Waals surface area contributed by atoms with Gasteiger partial charge in [0.05, 0.1) is 0 Å². The van der Waals surface area contributed by atoms with Crippen LogP contribution in [0.1, 0.15) is 53.9 Å². The Morgan fingerprint density at radius 2 is 1.75 bits per heavy atom. The number of carbonyl (C=O) groups excluding carboxylic acids is 4. The summed E-state index contributed by atoms with van der Waals surface area (Å²) in [5.41, 5.74) is 8.47. The minimum Gasteiger partial charge on any atom is -0.445 e. The van der Waals surface area contributed by atoms with Gasteiger partial charge >= 0.3 is 6.09 Å². The molecule has 0 bridgehead atoms. The van der Waals surface area contributed by atoms with Crippen LogP contribution in [0.4, 0.5) is 10.5 Å². The van der Waals surface area contributed by atoms with Crippen LogP contribution in [0.5, 0.6) is 0 Å². The smallest absolute Gasteiger partial charge is 0.408 e. The minimum absolute atomic E-state index is 0.0571. The number of H-pyrrole nitrogens is 1. The van der Waals surface area contributed by atoms with Crippen LogP contribution in [-0.4, -0.2) is 40.4 Å². The second-order valence-electron chi connectivity index (χ2n) is 11.3. The normalized spacial score (nSPS) is 17.1. The number of aromatic nitrogens is 1. The van der Waals surface area contributed by atoms with Crippen molar-refractivity contribution in [3.63, 3.8) is 0 Å². The van der Waals surface area contributed by atoms with Gasteiger partial charge in [0.2, 0.25) is 17.7 Å². The minimum atomic E-state index is -1.35. The quantitative estimate of drug-likeness (QED) is 0.181. The highest BCUT2D eigenvalue weighted by Crippen LogP contribution is 2.35. The number of amides is 4. The number of para-hydroxylation sites is 1. The summed E-state index contributed by atoms with van der Waals surface area (Å²) in [5, 5.41) is 9.67. The van der Waals surface area contributed by atoms with Gasteiger partial charge in [-0.15, -0.1) is 0 Å². The fraction of sp³-hybridized carbons (Fsp3) is 0.294. The number of anilines is 1. The van der Waals surface area contributed by atoms with Crippen molar-refractivity contribution in [2.24, 2.45) is 11.7 Å². The number of hydrogen-bond donors (Lipinski definition) is 5. The van der Waals surface area contributed by atoms with Gasteiger partial charge in [0.15, 0.2) is 0 Å². The molecule has 0 saturated heterocycles. The Labute approximate surface area is 255 Å². The molecule has 6 N–H and O–H groups in total. The fourth-order valence-electron chi connectivity index (χ4n) is 5.67. The zero-order valence-corrected chi connectivity index (χ0v) is 24.8. The lowest BCUT2D eigenvalue weighted by Crippen LogP contribution is -2.64. The van der Waals surface area contributed by atoms with Crippen LogP contribution in [0, 0.1) is 5.92 Å². The second-order valence-corrected chi connectivity index (χ2v) is 11.3. The Kier molecular flexibility index (Phi) is 8.99. The lowest BCUT2D eigenvalue weighted by atomic mass is 9.78. The van der Waals surface area contributed by atoms with Crippen LogP contribution in [-0.2, 0) is 33.8 Å². The van der Waals surface area contributed by atoms with E-state index >= 15 is 0 Å². The highest BCUT2D eigenvalue weighted by atomic mass is 16.5. The number of benzene rings is 3. The van der Waals surface area contributed by atoms with Gasteiger partial charge in [-0.3, -0.25) is 14.4 Å². The van der Waals surface area contributed by atoms with Crippen molar-refractivity contribution in [1.29, 1.82) is 0 Å². The Morgan fingerprint density at radius 3 is 2.50 bits per heavy atom. The molecule has 4 aromatic rings. The molecular formula is C34H37N5O5. The van der Waals surface area contributed by atoms with Gasteiger partial charge in [0, 0.05) is 34.3 Å². The molecule has 3 atom stereocenters. The first-order valence-corrected chi connectivity index (χ1v) is 14.8. The Bertz CT molecular complexity index is 1680. The van der Waals surface area contributed by atoms with E-state index in [2.05, 4.69) is 20.9 Å². The van der Waals surface area contributed by atoms with Crippen molar-refractivity contribution >= 4 is 40.4 Å². The monoisotopic (exact) mass is 595 g/mol. The third kappa shape index (κ3) is 6.59. The van der Waals surface area contributed by atoms with Crippen LogP contribution in [0.2, 0.25) is 0 Å². The van der Waals surface area contributed by atoms with Gasteiger partial charge in [-0.2, -0.15) is 0 Å². The Hall–Kier alpha value is -5.12. The van der Waals surface area contributed by atoms with Crippen molar-refractivity contribution in [3.8, 4) is 0 Å². The van der Waals surface area contributed by atoms with Crippen LogP contribution < -0.4 is 21.7 Å². The van der Waals surface area contributed by atoms with E-state index < -0.39 is 35.4 Å². The van der Waals surface area contributed by atoms with Gasteiger partial charge in [-0.1, -0.05) is 74.9 Å². The lowest BCUT2D eigenvalue weighted by Gasteiger charge is -2.38. The van der Waals surface area contributed by atoms with Crippen LogP contribution >= 0.6 is 0 Å². The maximum Gasteiger partial charge on any atom is 0.408 e. The van der Waals surface area contributed by atoms with E-state index in [9.17, 15) is 19.2 Å². The molecule has 0 radical (unpaired) electrons. The molecule has 1 aliphatic carbocycles. The predicted octanol–water partition coefficient (Wildman–Crippen LogP) is 4.59. The van der Waals surface area contributed by atoms with Gasteiger partial charge in [0.25, 0.3) is 0 Å². The summed E-state index contributed by atoms with van der Waals surface area (Å²) in [6.07, 6.45) is 0.928. The molecule has 1 aliphatic rings. The topological polar surface area (TPSA) is 155 Å². The number of hydrogen-bond acceptors (Lipinski definition) is 5. The zero-order chi connectivity index (χ0) is 31.3. The molecule has 0 unspecified atom stereocenters. The number of carbonyl (C=O) groups is 4. The summed E-state index contributed by atoms with van der Waals surface area (Å²) in [6, 6.07) is 22.5. The Morgan fingerprint density at radius 1 is 1.00 bits per heavy atom. The standard InChI is InChI=1S/C34H37N5O5/c1-3-21(2)29(38-33(43)44-20-22-10-5-4-6-11-22)31(41)39-34(32(42)36-24-13-9-12-23(18-24)30(35)40)17-16-28-26(19-34)25-14-7-8-15-27(25)37-28/h4-15,18,21,29,37H,3,16-17,19-20H2,1-2H3,(H2,35,40)(H,36,42)(H,38,43)(H,39,41)/t21-,29-,34+/m0/s1. The molecule has 1 heterocycles. The van der Waals surface area contributed by atoms with E-state index in [4.69, 9.17) is 10.5 Å². The number of aryl methyl sites for hydroxylation is 1. The molecule has 5 rings (SSSR count). The molecule has 3 aromatic carbocycles. The number of nitrogens with two attached hydrogens (primary N) is 1. The van der Waals surface area contributed by atoms with Crippen molar-refractivity contribution in [2.75, 3.05) is 5.32 Å². The number of nitrogens with one attached hydrogen (secondary N) is 4. The number of alkyl carbamates (subject to hydrolysis) is 1. The number of ether oxygens (including phenoxy) is 1. The van der Waals surface area contributed by atoms with Crippen molar-refractivity contribution in [1.82, 2.24) is 15.6 Å². The van der Waals surface area contributed by atoms with Gasteiger partial charge in [-0.05, 0) is 54.2 Å². The first-order chi connectivity index (χ1) is 21.2. The predicted molar refractivity (Wildman–Crippen MR) is 168 cm³/mol. The summed E-state index contributed by atoms with van der Waals surface area (Å²) < 4.78 is 5.41. The third-order valence-corrected chi connectivity index (χ3v) is 8.37. The van der Waals surface area contributed by atoms with E-state index in [-0.39, 0.29) is 24.5 Å². The molecule has 0 saturated carbocycles. The lowest BCUT2D eigenvalue weighted by molar-refractivity contribution is -0.132.